The monoisotopic (exact) mass is 332 g/mol. The van der Waals surface area contributed by atoms with E-state index in [1.165, 1.54) is 0 Å². The third kappa shape index (κ3) is 5.47. The summed E-state index contributed by atoms with van der Waals surface area (Å²) in [5.41, 5.74) is 1.01. The van der Waals surface area contributed by atoms with Gasteiger partial charge in [0.15, 0.2) is 0 Å². The summed E-state index contributed by atoms with van der Waals surface area (Å²) in [6.07, 6.45) is 3.01. The largest absolute Gasteiger partial charge is 0.375 e. The predicted octanol–water partition coefficient (Wildman–Crippen LogP) is 2.71. The van der Waals surface area contributed by atoms with E-state index in [-0.39, 0.29) is 30.5 Å². The molecule has 0 spiro atoms. The normalized spacial score (nSPS) is 19.4. The second-order valence-electron chi connectivity index (χ2n) is 5.02. The van der Waals surface area contributed by atoms with Gasteiger partial charge in [-0.05, 0) is 37.1 Å². The molecule has 1 aromatic carbocycles. The Morgan fingerprint density at radius 2 is 2.14 bits per heavy atom. The summed E-state index contributed by atoms with van der Waals surface area (Å²) in [5, 5.41) is 6.89. The van der Waals surface area contributed by atoms with Gasteiger partial charge < -0.3 is 15.4 Å². The number of hydrogen-bond donors (Lipinski definition) is 2. The summed E-state index contributed by atoms with van der Waals surface area (Å²) in [6, 6.07) is 7.43. The molecule has 0 saturated carbocycles. The zero-order valence-corrected chi connectivity index (χ0v) is 13.7. The highest BCUT2D eigenvalue weighted by molar-refractivity contribution is 6.30. The third-order valence-electron chi connectivity index (χ3n) is 3.61. The average Bonchev–Trinajstić information content (AvgIpc) is 2.50. The molecule has 1 aliphatic heterocycles. The lowest BCUT2D eigenvalue weighted by Gasteiger charge is -2.24. The lowest BCUT2D eigenvalue weighted by Crippen LogP contribution is -2.47. The number of rotatable bonds is 5. The second-order valence-corrected chi connectivity index (χ2v) is 5.46. The van der Waals surface area contributed by atoms with Crippen molar-refractivity contribution < 1.29 is 9.53 Å². The van der Waals surface area contributed by atoms with Gasteiger partial charge in [0.2, 0.25) is 5.91 Å². The molecule has 0 aromatic heterocycles. The first kappa shape index (κ1) is 18.2. The summed E-state index contributed by atoms with van der Waals surface area (Å²) in [7, 11) is 1.64. The van der Waals surface area contributed by atoms with Crippen molar-refractivity contribution >= 4 is 29.9 Å². The van der Waals surface area contributed by atoms with Gasteiger partial charge in [0, 0.05) is 18.7 Å². The van der Waals surface area contributed by atoms with Crippen molar-refractivity contribution in [2.45, 2.75) is 31.4 Å². The fourth-order valence-electron chi connectivity index (χ4n) is 2.41. The van der Waals surface area contributed by atoms with E-state index in [0.717, 1.165) is 31.4 Å². The van der Waals surface area contributed by atoms with Gasteiger partial charge in [0.05, 0.1) is 12.1 Å². The SMILES string of the molecule is COC(CNC(=O)C1CCCCN1)c1ccc(Cl)cc1.Cl. The quantitative estimate of drug-likeness (QED) is 0.871. The van der Waals surface area contributed by atoms with Gasteiger partial charge in [-0.2, -0.15) is 0 Å². The van der Waals surface area contributed by atoms with Crippen LogP contribution in [0.4, 0.5) is 0 Å². The van der Waals surface area contributed by atoms with Crippen molar-refractivity contribution in [3.05, 3.63) is 34.9 Å². The molecule has 6 heteroatoms. The van der Waals surface area contributed by atoms with Crippen LogP contribution in [0, 0.1) is 0 Å². The molecule has 118 valence electrons. The summed E-state index contributed by atoms with van der Waals surface area (Å²) in [5.74, 6) is 0.0562. The Bertz CT molecular complexity index is 434. The zero-order chi connectivity index (χ0) is 14.4. The van der Waals surface area contributed by atoms with Crippen LogP contribution in [-0.4, -0.2) is 32.1 Å². The minimum absolute atomic E-state index is 0. The molecular weight excluding hydrogens is 311 g/mol. The highest BCUT2D eigenvalue weighted by Gasteiger charge is 2.21. The summed E-state index contributed by atoms with van der Waals surface area (Å²) in [6.45, 7) is 1.39. The molecule has 1 aliphatic rings. The Morgan fingerprint density at radius 1 is 1.43 bits per heavy atom. The molecule has 2 atom stereocenters. The number of benzene rings is 1. The third-order valence-corrected chi connectivity index (χ3v) is 3.87. The van der Waals surface area contributed by atoms with Gasteiger partial charge in [-0.25, -0.2) is 0 Å². The summed E-state index contributed by atoms with van der Waals surface area (Å²) >= 11 is 5.87. The van der Waals surface area contributed by atoms with Crippen molar-refractivity contribution in [2.75, 3.05) is 20.2 Å². The molecule has 1 saturated heterocycles. The van der Waals surface area contributed by atoms with Crippen molar-refractivity contribution in [2.24, 2.45) is 0 Å². The van der Waals surface area contributed by atoms with Gasteiger partial charge in [-0.3, -0.25) is 4.79 Å². The molecule has 4 nitrogen and oxygen atoms in total. The van der Waals surface area contributed by atoms with Gasteiger partial charge >= 0.3 is 0 Å². The van der Waals surface area contributed by atoms with Crippen LogP contribution >= 0.6 is 24.0 Å². The fourth-order valence-corrected chi connectivity index (χ4v) is 2.53. The minimum Gasteiger partial charge on any atom is -0.375 e. The van der Waals surface area contributed by atoms with E-state index >= 15 is 0 Å². The van der Waals surface area contributed by atoms with Crippen LogP contribution in [0.2, 0.25) is 5.02 Å². The van der Waals surface area contributed by atoms with Crippen molar-refractivity contribution in [1.82, 2.24) is 10.6 Å². The van der Waals surface area contributed by atoms with E-state index in [0.29, 0.717) is 11.6 Å². The Labute approximate surface area is 137 Å². The lowest BCUT2D eigenvalue weighted by molar-refractivity contribution is -0.124. The number of methoxy groups -OCH3 is 1. The predicted molar refractivity (Wildman–Crippen MR) is 87.1 cm³/mol. The molecule has 0 aliphatic carbocycles. The van der Waals surface area contributed by atoms with E-state index in [4.69, 9.17) is 16.3 Å². The number of carbonyl (C=O) groups excluding carboxylic acids is 1. The van der Waals surface area contributed by atoms with Crippen molar-refractivity contribution in [1.29, 1.82) is 0 Å². The molecule has 2 N–H and O–H groups in total. The first-order valence-electron chi connectivity index (χ1n) is 7.00. The fraction of sp³-hybridized carbons (Fsp3) is 0.533. The van der Waals surface area contributed by atoms with E-state index in [9.17, 15) is 4.79 Å². The molecule has 0 radical (unpaired) electrons. The summed E-state index contributed by atoms with van der Waals surface area (Å²) in [4.78, 5) is 12.1. The Balaban J connectivity index is 0.00000220. The van der Waals surface area contributed by atoms with Crippen LogP contribution in [0.3, 0.4) is 0 Å². The van der Waals surface area contributed by atoms with Gasteiger partial charge in [0.25, 0.3) is 0 Å². The number of ether oxygens (including phenoxy) is 1. The maximum atomic E-state index is 12.1. The second kappa shape index (κ2) is 9.26. The topological polar surface area (TPSA) is 50.4 Å². The number of halogens is 2. The number of carbonyl (C=O) groups is 1. The Kier molecular flexibility index (Phi) is 8.04. The smallest absolute Gasteiger partial charge is 0.237 e. The van der Waals surface area contributed by atoms with E-state index in [1.54, 1.807) is 7.11 Å². The van der Waals surface area contributed by atoms with Gasteiger partial charge in [0.1, 0.15) is 0 Å². The molecule has 1 fully saturated rings. The molecule has 1 amide bonds. The van der Waals surface area contributed by atoms with Crippen LogP contribution in [0.15, 0.2) is 24.3 Å². The van der Waals surface area contributed by atoms with Crippen LogP contribution in [0.1, 0.15) is 30.9 Å². The molecule has 0 bridgehead atoms. The number of piperidine rings is 1. The highest BCUT2D eigenvalue weighted by atomic mass is 35.5. The molecular formula is C15H22Cl2N2O2. The van der Waals surface area contributed by atoms with Crippen molar-refractivity contribution in [3.8, 4) is 0 Å². The molecule has 2 rings (SSSR count). The van der Waals surface area contributed by atoms with Crippen LogP contribution in [0.25, 0.3) is 0 Å². The molecule has 21 heavy (non-hydrogen) atoms. The van der Waals surface area contributed by atoms with E-state index in [1.807, 2.05) is 24.3 Å². The van der Waals surface area contributed by atoms with Crippen molar-refractivity contribution in [3.63, 3.8) is 0 Å². The number of nitrogens with one attached hydrogen (secondary N) is 2. The standard InChI is InChI=1S/C15H21ClN2O2.ClH/c1-20-14(11-5-7-12(16)8-6-11)10-18-15(19)13-4-2-3-9-17-13;/h5-8,13-14,17H,2-4,9-10H2,1H3,(H,18,19);1H. The van der Waals surface area contributed by atoms with Crippen LogP contribution in [0.5, 0.6) is 0 Å². The molecule has 1 aromatic rings. The number of hydrogen-bond acceptors (Lipinski definition) is 3. The number of amides is 1. The van der Waals surface area contributed by atoms with E-state index in [2.05, 4.69) is 10.6 Å². The van der Waals surface area contributed by atoms with Gasteiger partial charge in [-0.15, -0.1) is 12.4 Å². The highest BCUT2D eigenvalue weighted by Crippen LogP contribution is 2.18. The maximum Gasteiger partial charge on any atom is 0.237 e. The van der Waals surface area contributed by atoms with Gasteiger partial charge in [-0.1, -0.05) is 30.2 Å². The minimum atomic E-state index is -0.153. The Morgan fingerprint density at radius 3 is 2.71 bits per heavy atom. The zero-order valence-electron chi connectivity index (χ0n) is 12.1. The lowest BCUT2D eigenvalue weighted by atomic mass is 10.0. The Hall–Kier alpha value is -0.810. The molecule has 2 unspecified atom stereocenters. The average molecular weight is 333 g/mol. The first-order valence-corrected chi connectivity index (χ1v) is 7.38. The van der Waals surface area contributed by atoms with E-state index < -0.39 is 0 Å². The maximum absolute atomic E-state index is 12.1. The van der Waals surface area contributed by atoms with Crippen LogP contribution in [-0.2, 0) is 9.53 Å². The van der Waals surface area contributed by atoms with Crippen LogP contribution < -0.4 is 10.6 Å². The first-order chi connectivity index (χ1) is 9.70. The summed E-state index contributed by atoms with van der Waals surface area (Å²) < 4.78 is 5.44. The molecule has 1 heterocycles.